The number of aromatic amines is 1. The van der Waals surface area contributed by atoms with Crippen LogP contribution < -0.4 is 10.6 Å². The molecule has 0 radical (unpaired) electrons. The van der Waals surface area contributed by atoms with Crippen LogP contribution >= 0.6 is 0 Å². The summed E-state index contributed by atoms with van der Waals surface area (Å²) < 4.78 is 0. The maximum atomic E-state index is 12.4. The Kier molecular flexibility index (Phi) is 4.58. The zero-order valence-corrected chi connectivity index (χ0v) is 16.3. The monoisotopic (exact) mass is 376 g/mol. The number of aromatic nitrogens is 3. The van der Waals surface area contributed by atoms with E-state index in [1.807, 2.05) is 27.0 Å². The average Bonchev–Trinajstić information content (AvgIpc) is 3.45. The van der Waals surface area contributed by atoms with Gasteiger partial charge in [-0.15, -0.1) is 0 Å². The maximum Gasteiger partial charge on any atom is 0.255 e. The molecule has 0 atom stereocenters. The molecule has 1 aliphatic rings. The summed E-state index contributed by atoms with van der Waals surface area (Å²) in [6.45, 7) is 3.82. The molecule has 144 valence electrons. The van der Waals surface area contributed by atoms with Crippen LogP contribution in [0.2, 0.25) is 0 Å². The summed E-state index contributed by atoms with van der Waals surface area (Å²) in [5, 5.41) is 14.8. The van der Waals surface area contributed by atoms with Crippen LogP contribution in [0.25, 0.3) is 11.2 Å². The Morgan fingerprint density at radius 1 is 1.29 bits per heavy atom. The second-order valence-electron chi connectivity index (χ2n) is 7.49. The normalized spacial score (nSPS) is 13.7. The number of hydrogen-bond acceptors (Lipinski definition) is 5. The van der Waals surface area contributed by atoms with Gasteiger partial charge in [0.05, 0.1) is 17.5 Å². The number of carbonyl (C=O) groups is 1. The quantitative estimate of drug-likeness (QED) is 0.494. The van der Waals surface area contributed by atoms with Gasteiger partial charge in [0.2, 0.25) is 0 Å². The predicted octanol–water partition coefficient (Wildman–Crippen LogP) is 3.43. The van der Waals surface area contributed by atoms with Gasteiger partial charge < -0.3 is 15.6 Å². The molecule has 1 aliphatic carbocycles. The van der Waals surface area contributed by atoms with E-state index in [4.69, 9.17) is 5.41 Å². The van der Waals surface area contributed by atoms with Gasteiger partial charge in [0, 0.05) is 30.5 Å². The maximum absolute atomic E-state index is 12.4. The molecular weight excluding hydrogens is 352 g/mol. The van der Waals surface area contributed by atoms with Crippen LogP contribution in [0.5, 0.6) is 0 Å². The first kappa shape index (κ1) is 18.2. The van der Waals surface area contributed by atoms with Crippen molar-refractivity contribution in [2.45, 2.75) is 38.6 Å². The second-order valence-corrected chi connectivity index (χ2v) is 7.49. The lowest BCUT2D eigenvalue weighted by atomic mass is 10.00. The standard InChI is InChI=1S/C21H24N6O/c1-11(2)26-21(28)15-9-24-20-19(15)27-17(10-25-20)18(22)14-8-13(12-4-5-12)6-7-16(14)23-3/h6-12,22-23H,4-5H2,1-3H3,(H,24,25)(H,26,28). The number of anilines is 1. The van der Waals surface area contributed by atoms with Crippen molar-refractivity contribution in [3.63, 3.8) is 0 Å². The Balaban J connectivity index is 1.74. The summed E-state index contributed by atoms with van der Waals surface area (Å²) in [6, 6.07) is 6.23. The van der Waals surface area contributed by atoms with Crippen molar-refractivity contribution in [1.82, 2.24) is 20.3 Å². The molecule has 2 heterocycles. The van der Waals surface area contributed by atoms with Crippen molar-refractivity contribution in [3.8, 4) is 0 Å². The lowest BCUT2D eigenvalue weighted by Crippen LogP contribution is -2.30. The minimum atomic E-state index is -0.203. The third-order valence-electron chi connectivity index (χ3n) is 4.93. The Morgan fingerprint density at radius 2 is 2.07 bits per heavy atom. The highest BCUT2D eigenvalue weighted by atomic mass is 16.1. The van der Waals surface area contributed by atoms with E-state index >= 15 is 0 Å². The Hall–Kier alpha value is -3.22. The average molecular weight is 376 g/mol. The molecule has 1 fully saturated rings. The summed E-state index contributed by atoms with van der Waals surface area (Å²) >= 11 is 0. The van der Waals surface area contributed by atoms with Crippen molar-refractivity contribution < 1.29 is 4.79 Å². The number of fused-ring (bicyclic) bond motifs is 1. The van der Waals surface area contributed by atoms with Crippen LogP contribution in [0.3, 0.4) is 0 Å². The third kappa shape index (κ3) is 3.35. The molecule has 7 heteroatoms. The Labute approximate surface area is 163 Å². The van der Waals surface area contributed by atoms with E-state index in [9.17, 15) is 4.79 Å². The largest absolute Gasteiger partial charge is 0.388 e. The van der Waals surface area contributed by atoms with E-state index in [0.29, 0.717) is 28.3 Å². The number of carbonyl (C=O) groups excluding carboxylic acids is 1. The van der Waals surface area contributed by atoms with Crippen LogP contribution in [0.15, 0.2) is 30.6 Å². The first-order valence-electron chi connectivity index (χ1n) is 9.54. The van der Waals surface area contributed by atoms with Gasteiger partial charge in [0.15, 0.2) is 5.65 Å². The summed E-state index contributed by atoms with van der Waals surface area (Å²) in [7, 11) is 1.85. The topological polar surface area (TPSA) is 107 Å². The number of H-pyrrole nitrogens is 1. The lowest BCUT2D eigenvalue weighted by molar-refractivity contribution is 0.0944. The molecule has 1 amide bonds. The van der Waals surface area contributed by atoms with Crippen LogP contribution in [-0.4, -0.2) is 39.7 Å². The summed E-state index contributed by atoms with van der Waals surface area (Å²) in [5.41, 5.74) is 5.11. The highest BCUT2D eigenvalue weighted by Gasteiger charge is 2.25. The van der Waals surface area contributed by atoms with Crippen molar-refractivity contribution in [2.75, 3.05) is 12.4 Å². The van der Waals surface area contributed by atoms with Gasteiger partial charge in [-0.2, -0.15) is 0 Å². The van der Waals surface area contributed by atoms with Crippen molar-refractivity contribution >= 4 is 28.5 Å². The van der Waals surface area contributed by atoms with E-state index < -0.39 is 0 Å². The SMILES string of the molecule is CNc1ccc(C2CC2)cc1C(=N)c1cnc2[nH]cc(C(=O)NC(C)C)c2n1. The molecule has 0 spiro atoms. The van der Waals surface area contributed by atoms with Gasteiger partial charge in [0.1, 0.15) is 11.2 Å². The second kappa shape index (κ2) is 7.07. The van der Waals surface area contributed by atoms with Gasteiger partial charge >= 0.3 is 0 Å². The molecule has 3 aromatic rings. The fraction of sp³-hybridized carbons (Fsp3) is 0.333. The highest BCUT2D eigenvalue weighted by molar-refractivity contribution is 6.14. The van der Waals surface area contributed by atoms with Crippen molar-refractivity contribution in [2.24, 2.45) is 0 Å². The van der Waals surface area contributed by atoms with Crippen molar-refractivity contribution in [3.05, 3.63) is 53.0 Å². The zero-order chi connectivity index (χ0) is 19.8. The molecule has 0 unspecified atom stereocenters. The molecule has 0 saturated heterocycles. The minimum Gasteiger partial charge on any atom is -0.388 e. The van der Waals surface area contributed by atoms with E-state index in [2.05, 4.69) is 37.7 Å². The van der Waals surface area contributed by atoms with E-state index in [-0.39, 0.29) is 17.7 Å². The molecule has 28 heavy (non-hydrogen) atoms. The molecule has 1 aromatic carbocycles. The molecule has 4 rings (SSSR count). The van der Waals surface area contributed by atoms with Crippen molar-refractivity contribution in [1.29, 1.82) is 5.41 Å². The third-order valence-corrected chi connectivity index (χ3v) is 4.93. The number of benzene rings is 1. The van der Waals surface area contributed by atoms with Crippen LogP contribution in [0.1, 0.15) is 59.8 Å². The summed E-state index contributed by atoms with van der Waals surface area (Å²) in [6.07, 6.45) is 5.60. The number of nitrogens with one attached hydrogen (secondary N) is 4. The summed E-state index contributed by atoms with van der Waals surface area (Å²) in [5.74, 6) is 0.396. The molecule has 1 saturated carbocycles. The minimum absolute atomic E-state index is 0.0234. The van der Waals surface area contributed by atoms with Gasteiger partial charge in [-0.3, -0.25) is 10.2 Å². The molecule has 2 aromatic heterocycles. The smallest absolute Gasteiger partial charge is 0.255 e. The molecule has 0 bridgehead atoms. The number of nitrogens with zero attached hydrogens (tertiary/aromatic N) is 2. The van der Waals surface area contributed by atoms with Gasteiger partial charge in [-0.05, 0) is 50.3 Å². The fourth-order valence-corrected chi connectivity index (χ4v) is 3.32. The van der Waals surface area contributed by atoms with Gasteiger partial charge in [-0.25, -0.2) is 9.97 Å². The van der Waals surface area contributed by atoms with Gasteiger partial charge in [0.25, 0.3) is 5.91 Å². The fourth-order valence-electron chi connectivity index (χ4n) is 3.32. The number of amides is 1. The van der Waals surface area contributed by atoms with E-state index in [1.165, 1.54) is 18.4 Å². The first-order chi connectivity index (χ1) is 13.5. The zero-order valence-electron chi connectivity index (χ0n) is 16.3. The summed E-state index contributed by atoms with van der Waals surface area (Å²) in [4.78, 5) is 24.4. The van der Waals surface area contributed by atoms with Crippen LogP contribution in [0.4, 0.5) is 5.69 Å². The van der Waals surface area contributed by atoms with E-state index in [0.717, 1.165) is 11.3 Å². The number of hydrogen-bond donors (Lipinski definition) is 4. The van der Waals surface area contributed by atoms with Gasteiger partial charge in [-0.1, -0.05) is 6.07 Å². The Bertz CT molecular complexity index is 1060. The Morgan fingerprint density at radius 3 is 2.75 bits per heavy atom. The first-order valence-corrected chi connectivity index (χ1v) is 9.54. The molecular formula is C21H24N6O. The molecule has 4 N–H and O–H groups in total. The predicted molar refractivity (Wildman–Crippen MR) is 110 cm³/mol. The molecule has 7 nitrogen and oxygen atoms in total. The highest BCUT2D eigenvalue weighted by Crippen LogP contribution is 2.41. The molecule has 0 aliphatic heterocycles. The lowest BCUT2D eigenvalue weighted by Gasteiger charge is -2.12. The number of rotatable bonds is 6. The van der Waals surface area contributed by atoms with Crippen LogP contribution in [0, 0.1) is 5.41 Å². The van der Waals surface area contributed by atoms with E-state index in [1.54, 1.807) is 12.4 Å². The van der Waals surface area contributed by atoms with Crippen LogP contribution in [-0.2, 0) is 0 Å².